The lowest BCUT2D eigenvalue weighted by molar-refractivity contribution is 0.535. The molecule has 0 aliphatic heterocycles. The van der Waals surface area contributed by atoms with Crippen LogP contribution in [0.4, 0.5) is 0 Å². The van der Waals surface area contributed by atoms with Gasteiger partial charge in [-0.2, -0.15) is 5.10 Å². The third-order valence-corrected chi connectivity index (χ3v) is 2.56. The first-order valence-corrected chi connectivity index (χ1v) is 5.41. The number of nitrogens with two attached hydrogens (primary N) is 1. The van der Waals surface area contributed by atoms with Gasteiger partial charge in [-0.15, -0.1) is 0 Å². The predicted molar refractivity (Wildman–Crippen MR) is 63.7 cm³/mol. The zero-order valence-electron chi connectivity index (χ0n) is 9.96. The first-order chi connectivity index (χ1) is 8.19. The van der Waals surface area contributed by atoms with E-state index >= 15 is 0 Å². The number of hydrogen-bond donors (Lipinski definition) is 2. The monoisotopic (exact) mass is 232 g/mol. The SMILES string of the molecule is Cc1cnc(C(Cc2cnn(C)c2)NN)cn1. The Morgan fingerprint density at radius 1 is 1.35 bits per heavy atom. The van der Waals surface area contributed by atoms with Gasteiger partial charge in [-0.05, 0) is 18.9 Å². The summed E-state index contributed by atoms with van der Waals surface area (Å²) in [6.45, 7) is 1.91. The van der Waals surface area contributed by atoms with Crippen molar-refractivity contribution in [2.75, 3.05) is 0 Å². The molecule has 0 fully saturated rings. The molecule has 0 aromatic carbocycles. The van der Waals surface area contributed by atoms with Crippen LogP contribution in [-0.4, -0.2) is 19.7 Å². The van der Waals surface area contributed by atoms with Crippen LogP contribution in [0.25, 0.3) is 0 Å². The maximum atomic E-state index is 5.55. The number of aryl methyl sites for hydroxylation is 2. The van der Waals surface area contributed by atoms with E-state index in [2.05, 4.69) is 20.5 Å². The van der Waals surface area contributed by atoms with Gasteiger partial charge in [-0.1, -0.05) is 0 Å². The second-order valence-corrected chi connectivity index (χ2v) is 4.03. The molecule has 0 bridgehead atoms. The number of nitrogens with one attached hydrogen (secondary N) is 1. The minimum Gasteiger partial charge on any atom is -0.276 e. The molecule has 6 nitrogen and oxygen atoms in total. The van der Waals surface area contributed by atoms with Gasteiger partial charge in [-0.3, -0.25) is 25.9 Å². The Balaban J connectivity index is 2.13. The fourth-order valence-corrected chi connectivity index (χ4v) is 1.64. The Kier molecular flexibility index (Phi) is 3.46. The van der Waals surface area contributed by atoms with Crippen LogP contribution in [0.1, 0.15) is 23.0 Å². The van der Waals surface area contributed by atoms with Gasteiger partial charge in [0.1, 0.15) is 0 Å². The summed E-state index contributed by atoms with van der Waals surface area (Å²) in [4.78, 5) is 8.54. The highest BCUT2D eigenvalue weighted by molar-refractivity contribution is 5.12. The maximum Gasteiger partial charge on any atom is 0.0773 e. The molecule has 2 heterocycles. The summed E-state index contributed by atoms with van der Waals surface area (Å²) in [7, 11) is 1.89. The van der Waals surface area contributed by atoms with Crippen molar-refractivity contribution < 1.29 is 0 Å². The number of nitrogens with zero attached hydrogens (tertiary/aromatic N) is 4. The summed E-state index contributed by atoms with van der Waals surface area (Å²) in [6.07, 6.45) is 8.01. The third kappa shape index (κ3) is 2.86. The Labute approximate surface area is 99.9 Å². The fraction of sp³-hybridized carbons (Fsp3) is 0.364. The normalized spacial score (nSPS) is 12.6. The van der Waals surface area contributed by atoms with Crippen molar-refractivity contribution in [3.63, 3.8) is 0 Å². The molecule has 0 saturated carbocycles. The van der Waals surface area contributed by atoms with Crippen LogP contribution in [0.3, 0.4) is 0 Å². The molecule has 6 heteroatoms. The molecule has 3 N–H and O–H groups in total. The first-order valence-electron chi connectivity index (χ1n) is 5.41. The van der Waals surface area contributed by atoms with Gasteiger partial charge >= 0.3 is 0 Å². The van der Waals surface area contributed by atoms with Crippen molar-refractivity contribution in [3.8, 4) is 0 Å². The minimum atomic E-state index is -0.0488. The molecule has 0 aliphatic rings. The zero-order chi connectivity index (χ0) is 12.3. The van der Waals surface area contributed by atoms with Gasteiger partial charge in [0.05, 0.1) is 29.8 Å². The van der Waals surface area contributed by atoms with Crippen molar-refractivity contribution in [1.82, 2.24) is 25.2 Å². The van der Waals surface area contributed by atoms with E-state index in [9.17, 15) is 0 Å². The number of aromatic nitrogens is 4. The fourth-order valence-electron chi connectivity index (χ4n) is 1.64. The molecule has 1 atom stereocenters. The molecule has 2 aromatic rings. The highest BCUT2D eigenvalue weighted by atomic mass is 15.3. The Hall–Kier alpha value is -1.79. The molecular formula is C11H16N6. The largest absolute Gasteiger partial charge is 0.276 e. The Morgan fingerprint density at radius 3 is 2.71 bits per heavy atom. The van der Waals surface area contributed by atoms with E-state index in [0.29, 0.717) is 0 Å². The van der Waals surface area contributed by atoms with E-state index in [1.807, 2.05) is 26.4 Å². The Bertz CT molecular complexity index is 475. The van der Waals surface area contributed by atoms with E-state index in [1.165, 1.54) is 0 Å². The van der Waals surface area contributed by atoms with Gasteiger partial charge in [-0.25, -0.2) is 0 Å². The van der Waals surface area contributed by atoms with E-state index < -0.39 is 0 Å². The van der Waals surface area contributed by atoms with E-state index in [-0.39, 0.29) is 6.04 Å². The van der Waals surface area contributed by atoms with Gasteiger partial charge in [0, 0.05) is 19.4 Å². The molecule has 1 unspecified atom stereocenters. The van der Waals surface area contributed by atoms with Gasteiger partial charge in [0.2, 0.25) is 0 Å². The molecule has 2 rings (SSSR count). The highest BCUT2D eigenvalue weighted by Crippen LogP contribution is 2.14. The van der Waals surface area contributed by atoms with E-state index in [0.717, 1.165) is 23.4 Å². The summed E-state index contributed by atoms with van der Waals surface area (Å²) in [5.74, 6) is 5.55. The minimum absolute atomic E-state index is 0.0488. The molecule has 17 heavy (non-hydrogen) atoms. The van der Waals surface area contributed by atoms with Crippen molar-refractivity contribution in [2.24, 2.45) is 12.9 Å². The quantitative estimate of drug-likeness (QED) is 0.584. The summed E-state index contributed by atoms with van der Waals surface area (Å²) >= 11 is 0. The topological polar surface area (TPSA) is 81.7 Å². The number of rotatable bonds is 4. The zero-order valence-corrected chi connectivity index (χ0v) is 9.96. The smallest absolute Gasteiger partial charge is 0.0773 e. The average Bonchev–Trinajstić information content (AvgIpc) is 2.73. The lowest BCUT2D eigenvalue weighted by Crippen LogP contribution is -2.30. The number of hydrogen-bond acceptors (Lipinski definition) is 5. The molecule has 0 saturated heterocycles. The maximum absolute atomic E-state index is 5.55. The molecule has 90 valence electrons. The van der Waals surface area contributed by atoms with E-state index in [4.69, 9.17) is 5.84 Å². The second kappa shape index (κ2) is 5.03. The van der Waals surface area contributed by atoms with Crippen molar-refractivity contribution in [1.29, 1.82) is 0 Å². The molecule has 0 spiro atoms. The van der Waals surface area contributed by atoms with Gasteiger partial charge < -0.3 is 0 Å². The lowest BCUT2D eigenvalue weighted by Gasteiger charge is -2.13. The average molecular weight is 232 g/mol. The lowest BCUT2D eigenvalue weighted by atomic mass is 10.1. The number of hydrazine groups is 1. The van der Waals surface area contributed by atoms with Crippen LogP contribution in [0.15, 0.2) is 24.8 Å². The van der Waals surface area contributed by atoms with Crippen molar-refractivity contribution in [2.45, 2.75) is 19.4 Å². The third-order valence-electron chi connectivity index (χ3n) is 2.56. The molecule has 0 amide bonds. The summed E-state index contributed by atoms with van der Waals surface area (Å²) in [5.41, 5.74) is 5.59. The van der Waals surface area contributed by atoms with Crippen LogP contribution in [0.2, 0.25) is 0 Å². The van der Waals surface area contributed by atoms with Crippen LogP contribution >= 0.6 is 0 Å². The molecule has 0 aliphatic carbocycles. The first kappa shape index (κ1) is 11.7. The van der Waals surface area contributed by atoms with Gasteiger partial charge in [0.15, 0.2) is 0 Å². The summed E-state index contributed by atoms with van der Waals surface area (Å²) < 4.78 is 1.77. The Morgan fingerprint density at radius 2 is 2.18 bits per heavy atom. The molecular weight excluding hydrogens is 216 g/mol. The van der Waals surface area contributed by atoms with Gasteiger partial charge in [0.25, 0.3) is 0 Å². The van der Waals surface area contributed by atoms with Crippen molar-refractivity contribution >= 4 is 0 Å². The molecule has 2 aromatic heterocycles. The van der Waals surface area contributed by atoms with Crippen LogP contribution < -0.4 is 11.3 Å². The highest BCUT2D eigenvalue weighted by Gasteiger charge is 2.13. The van der Waals surface area contributed by atoms with Crippen LogP contribution in [0, 0.1) is 6.92 Å². The van der Waals surface area contributed by atoms with Crippen LogP contribution in [0.5, 0.6) is 0 Å². The summed E-state index contributed by atoms with van der Waals surface area (Å²) in [6, 6.07) is -0.0488. The predicted octanol–water partition coefficient (Wildman–Crippen LogP) is 0.266. The van der Waals surface area contributed by atoms with Crippen molar-refractivity contribution in [3.05, 3.63) is 41.7 Å². The standard InChI is InChI=1S/C11H16N6/c1-8-4-14-11(6-13-8)10(16-12)3-9-5-15-17(2)7-9/h4-7,10,16H,3,12H2,1-2H3. The molecule has 0 radical (unpaired) electrons. The second-order valence-electron chi connectivity index (χ2n) is 4.03. The van der Waals surface area contributed by atoms with Crippen LogP contribution in [-0.2, 0) is 13.5 Å². The van der Waals surface area contributed by atoms with E-state index in [1.54, 1.807) is 17.1 Å². The summed E-state index contributed by atoms with van der Waals surface area (Å²) in [5, 5.41) is 4.12.